The van der Waals surface area contributed by atoms with Gasteiger partial charge in [-0.1, -0.05) is 44.2 Å². The molecule has 3 atom stereocenters. The molecule has 6 nitrogen and oxygen atoms in total. The number of hydrogen-bond donors (Lipinski definition) is 4. The number of Topliss-reactive ketones (excluding diaryl/α,β-unsaturated/α-hetero) is 1. The van der Waals surface area contributed by atoms with Crippen molar-refractivity contribution in [3.05, 3.63) is 71.3 Å². The highest BCUT2D eigenvalue weighted by Gasteiger charge is 2.26. The van der Waals surface area contributed by atoms with Gasteiger partial charge in [-0.2, -0.15) is 0 Å². The molecule has 0 fully saturated rings. The fraction of sp³-hybridized carbons (Fsp3) is 0.481. The Morgan fingerprint density at radius 3 is 2.40 bits per heavy atom. The van der Waals surface area contributed by atoms with Gasteiger partial charge in [0, 0.05) is 31.5 Å². The molecule has 0 saturated heterocycles. The molecule has 0 aliphatic rings. The summed E-state index contributed by atoms with van der Waals surface area (Å²) in [5, 5.41) is 13.1. The van der Waals surface area contributed by atoms with Crippen molar-refractivity contribution in [1.82, 2.24) is 5.32 Å². The molecule has 2 aromatic rings. The number of halogens is 2. The molecule has 35 heavy (non-hydrogen) atoms. The SMILES string of the molecule is CC(C)(CCNC(=O)CC(N)Cc1cc(F)ccc1F)CCC(=O)C(O)C(N)Cc1ccccc1. The molecular weight excluding hydrogens is 452 g/mol. The van der Waals surface area contributed by atoms with Gasteiger partial charge in [-0.15, -0.1) is 0 Å². The molecule has 1 amide bonds. The minimum atomic E-state index is -1.23. The van der Waals surface area contributed by atoms with E-state index in [2.05, 4.69) is 5.32 Å². The van der Waals surface area contributed by atoms with E-state index in [1.54, 1.807) is 0 Å². The summed E-state index contributed by atoms with van der Waals surface area (Å²) in [6, 6.07) is 11.3. The lowest BCUT2D eigenvalue weighted by Gasteiger charge is -2.26. The summed E-state index contributed by atoms with van der Waals surface area (Å²) in [6.45, 7) is 4.36. The first-order valence-electron chi connectivity index (χ1n) is 11.9. The number of nitrogens with one attached hydrogen (secondary N) is 1. The van der Waals surface area contributed by atoms with E-state index >= 15 is 0 Å². The Morgan fingerprint density at radius 1 is 1.03 bits per heavy atom. The van der Waals surface area contributed by atoms with E-state index in [1.165, 1.54) is 0 Å². The van der Waals surface area contributed by atoms with Crippen molar-refractivity contribution in [3.63, 3.8) is 0 Å². The van der Waals surface area contributed by atoms with Crippen LogP contribution in [0.5, 0.6) is 0 Å². The van der Waals surface area contributed by atoms with Crippen molar-refractivity contribution in [2.24, 2.45) is 16.9 Å². The van der Waals surface area contributed by atoms with Gasteiger partial charge in [-0.25, -0.2) is 8.78 Å². The van der Waals surface area contributed by atoms with E-state index in [0.717, 1.165) is 23.8 Å². The van der Waals surface area contributed by atoms with Gasteiger partial charge in [0.2, 0.25) is 5.91 Å². The minimum Gasteiger partial charge on any atom is -0.384 e. The van der Waals surface area contributed by atoms with Gasteiger partial charge in [0.25, 0.3) is 0 Å². The first-order valence-corrected chi connectivity index (χ1v) is 11.9. The van der Waals surface area contributed by atoms with Gasteiger partial charge in [0.05, 0.1) is 0 Å². The molecule has 2 aromatic carbocycles. The van der Waals surface area contributed by atoms with Gasteiger partial charge in [-0.05, 0) is 60.4 Å². The predicted octanol–water partition coefficient (Wildman–Crippen LogP) is 3.04. The number of nitrogens with two attached hydrogens (primary N) is 2. The van der Waals surface area contributed by atoms with Crippen LogP contribution in [0.1, 0.15) is 50.7 Å². The van der Waals surface area contributed by atoms with Crippen LogP contribution >= 0.6 is 0 Å². The Kier molecular flexibility index (Phi) is 10.9. The van der Waals surface area contributed by atoms with E-state index in [-0.39, 0.29) is 41.9 Å². The van der Waals surface area contributed by atoms with Crippen LogP contribution in [0.2, 0.25) is 0 Å². The largest absolute Gasteiger partial charge is 0.384 e. The maximum absolute atomic E-state index is 13.8. The lowest BCUT2D eigenvalue weighted by atomic mass is 9.82. The van der Waals surface area contributed by atoms with Gasteiger partial charge < -0.3 is 21.9 Å². The highest BCUT2D eigenvalue weighted by atomic mass is 19.1. The summed E-state index contributed by atoms with van der Waals surface area (Å²) in [4.78, 5) is 24.7. The smallest absolute Gasteiger partial charge is 0.221 e. The summed E-state index contributed by atoms with van der Waals surface area (Å²) in [7, 11) is 0. The number of aliphatic hydroxyl groups is 1. The second-order valence-corrected chi connectivity index (χ2v) is 9.93. The van der Waals surface area contributed by atoms with Crippen molar-refractivity contribution in [3.8, 4) is 0 Å². The van der Waals surface area contributed by atoms with E-state index in [4.69, 9.17) is 11.5 Å². The van der Waals surface area contributed by atoms with Crippen LogP contribution in [0.15, 0.2) is 48.5 Å². The summed E-state index contributed by atoms with van der Waals surface area (Å²) in [5.41, 5.74) is 12.8. The Labute approximate surface area is 206 Å². The Balaban J connectivity index is 1.70. The molecule has 0 aliphatic heterocycles. The maximum atomic E-state index is 13.8. The van der Waals surface area contributed by atoms with Crippen LogP contribution in [0.25, 0.3) is 0 Å². The van der Waals surface area contributed by atoms with E-state index in [1.807, 2.05) is 44.2 Å². The summed E-state index contributed by atoms with van der Waals surface area (Å²) < 4.78 is 27.0. The molecule has 0 radical (unpaired) electrons. The highest BCUT2D eigenvalue weighted by Crippen LogP contribution is 2.27. The number of rotatable bonds is 14. The fourth-order valence-electron chi connectivity index (χ4n) is 3.88. The third kappa shape index (κ3) is 10.2. The first-order chi connectivity index (χ1) is 16.5. The molecule has 0 heterocycles. The van der Waals surface area contributed by atoms with Crippen molar-refractivity contribution < 1.29 is 23.5 Å². The molecule has 6 N–H and O–H groups in total. The molecule has 3 unspecified atom stereocenters. The van der Waals surface area contributed by atoms with Gasteiger partial charge in [0.15, 0.2) is 5.78 Å². The normalized spacial score (nSPS) is 14.3. The zero-order valence-corrected chi connectivity index (χ0v) is 20.5. The van der Waals surface area contributed by atoms with Gasteiger partial charge >= 0.3 is 0 Å². The number of carbonyl (C=O) groups excluding carboxylic acids is 2. The molecule has 192 valence electrons. The van der Waals surface area contributed by atoms with Crippen LogP contribution in [0, 0.1) is 17.0 Å². The number of amides is 1. The quantitative estimate of drug-likeness (QED) is 0.325. The molecule has 0 spiro atoms. The Hall–Kier alpha value is -2.68. The Morgan fingerprint density at radius 2 is 1.71 bits per heavy atom. The van der Waals surface area contributed by atoms with Gasteiger partial charge in [0.1, 0.15) is 17.7 Å². The highest BCUT2D eigenvalue weighted by molar-refractivity contribution is 5.83. The zero-order chi connectivity index (χ0) is 26.0. The summed E-state index contributed by atoms with van der Waals surface area (Å²) in [6.07, 6.45) is 0.572. The Bertz CT molecular complexity index is 969. The monoisotopic (exact) mass is 489 g/mol. The van der Waals surface area contributed by atoms with Crippen molar-refractivity contribution in [2.75, 3.05) is 6.54 Å². The number of ketones is 1. The number of carbonyl (C=O) groups is 2. The lowest BCUT2D eigenvalue weighted by molar-refractivity contribution is -0.128. The average molecular weight is 490 g/mol. The van der Waals surface area contributed by atoms with Crippen LogP contribution in [0.3, 0.4) is 0 Å². The van der Waals surface area contributed by atoms with Crippen molar-refractivity contribution in [2.45, 2.75) is 70.6 Å². The molecule has 0 aliphatic carbocycles. The minimum absolute atomic E-state index is 0.0135. The predicted molar refractivity (Wildman–Crippen MR) is 132 cm³/mol. The zero-order valence-electron chi connectivity index (χ0n) is 20.5. The third-order valence-electron chi connectivity index (χ3n) is 6.16. The maximum Gasteiger partial charge on any atom is 0.221 e. The molecule has 0 aromatic heterocycles. The number of aliphatic hydroxyl groups excluding tert-OH is 1. The molecule has 0 saturated carbocycles. The van der Waals surface area contributed by atoms with Crippen LogP contribution in [-0.2, 0) is 22.4 Å². The van der Waals surface area contributed by atoms with Crippen LogP contribution in [-0.4, -0.2) is 41.5 Å². The molecule has 8 heteroatoms. The van der Waals surface area contributed by atoms with E-state index in [0.29, 0.717) is 25.8 Å². The van der Waals surface area contributed by atoms with Crippen molar-refractivity contribution >= 4 is 11.7 Å². The second kappa shape index (κ2) is 13.4. The molecule has 0 bridgehead atoms. The summed E-state index contributed by atoms with van der Waals surface area (Å²) >= 11 is 0. The average Bonchev–Trinajstić information content (AvgIpc) is 2.79. The van der Waals surface area contributed by atoms with E-state index < -0.39 is 29.8 Å². The van der Waals surface area contributed by atoms with Crippen LogP contribution in [0.4, 0.5) is 8.78 Å². The van der Waals surface area contributed by atoms with Gasteiger partial charge in [-0.3, -0.25) is 9.59 Å². The van der Waals surface area contributed by atoms with Crippen LogP contribution < -0.4 is 16.8 Å². The lowest BCUT2D eigenvalue weighted by Crippen LogP contribution is -2.42. The molecule has 2 rings (SSSR count). The third-order valence-corrected chi connectivity index (χ3v) is 6.16. The summed E-state index contributed by atoms with van der Waals surface area (Å²) in [5.74, 6) is -1.67. The fourth-order valence-corrected chi connectivity index (χ4v) is 3.88. The molecular formula is C27H37F2N3O3. The number of benzene rings is 2. The van der Waals surface area contributed by atoms with E-state index in [9.17, 15) is 23.5 Å². The second-order valence-electron chi connectivity index (χ2n) is 9.93. The number of hydrogen-bond acceptors (Lipinski definition) is 5. The first kappa shape index (κ1) is 28.6. The standard InChI is InChI=1S/C27H37F2N3O3/c1-27(2,11-10-24(33)26(35)23(31)14-18-6-4-3-5-7-18)12-13-32-25(34)17-21(30)16-19-15-20(28)8-9-22(19)29/h3-9,15,21,23,26,35H,10-14,16-17,30-31H2,1-2H3,(H,32,34). The topological polar surface area (TPSA) is 118 Å². The van der Waals surface area contributed by atoms with Crippen molar-refractivity contribution in [1.29, 1.82) is 0 Å².